The zero-order chi connectivity index (χ0) is 11.4. The van der Waals surface area contributed by atoms with Crippen molar-refractivity contribution < 1.29 is 0 Å². The molecule has 0 radical (unpaired) electrons. The number of piperazine rings is 1. The lowest BCUT2D eigenvalue weighted by Crippen LogP contribution is -2.51. The molecule has 0 saturated carbocycles. The van der Waals surface area contributed by atoms with E-state index >= 15 is 0 Å². The van der Waals surface area contributed by atoms with Crippen LogP contribution in [0.2, 0.25) is 0 Å². The van der Waals surface area contributed by atoms with E-state index in [9.17, 15) is 0 Å². The van der Waals surface area contributed by atoms with Crippen LogP contribution < -0.4 is 5.32 Å². The number of hydrogen-bond donors (Lipinski definition) is 1. The maximum atomic E-state index is 4.21. The molecule has 1 aliphatic rings. The van der Waals surface area contributed by atoms with E-state index in [0.29, 0.717) is 6.04 Å². The van der Waals surface area contributed by atoms with Gasteiger partial charge in [-0.05, 0) is 12.5 Å². The fourth-order valence-corrected chi connectivity index (χ4v) is 2.40. The molecule has 16 heavy (non-hydrogen) atoms. The van der Waals surface area contributed by atoms with Gasteiger partial charge in [-0.2, -0.15) is 5.10 Å². The first-order chi connectivity index (χ1) is 7.81. The summed E-state index contributed by atoms with van der Waals surface area (Å²) in [5.74, 6) is 0. The maximum Gasteiger partial charge on any atom is 0.0492 e. The second-order valence-electron chi connectivity index (χ2n) is 4.50. The average molecular weight is 222 g/mol. The summed E-state index contributed by atoms with van der Waals surface area (Å²) in [7, 11) is 2.02. The minimum absolute atomic E-state index is 0.710. The van der Waals surface area contributed by atoms with Crippen LogP contribution in [0.3, 0.4) is 0 Å². The molecule has 4 heteroatoms. The van der Waals surface area contributed by atoms with Crippen molar-refractivity contribution in [3.63, 3.8) is 0 Å². The van der Waals surface area contributed by atoms with E-state index in [4.69, 9.17) is 0 Å². The molecular formula is C12H22N4. The van der Waals surface area contributed by atoms with Crippen molar-refractivity contribution in [1.82, 2.24) is 20.0 Å². The van der Waals surface area contributed by atoms with E-state index in [1.165, 1.54) is 18.7 Å². The summed E-state index contributed by atoms with van der Waals surface area (Å²) in [6.45, 7) is 6.87. The molecule has 4 nitrogen and oxygen atoms in total. The molecule has 0 bridgehead atoms. The van der Waals surface area contributed by atoms with Gasteiger partial charge in [-0.1, -0.05) is 6.92 Å². The molecule has 1 fully saturated rings. The van der Waals surface area contributed by atoms with Crippen LogP contribution in [0.4, 0.5) is 0 Å². The van der Waals surface area contributed by atoms with Gasteiger partial charge in [0.05, 0.1) is 0 Å². The van der Waals surface area contributed by atoms with E-state index in [1.807, 2.05) is 17.9 Å². The molecule has 1 aromatic heterocycles. The average Bonchev–Trinajstić information content (AvgIpc) is 2.72. The zero-order valence-electron chi connectivity index (χ0n) is 10.3. The van der Waals surface area contributed by atoms with Gasteiger partial charge < -0.3 is 5.32 Å². The summed E-state index contributed by atoms with van der Waals surface area (Å²) >= 11 is 0. The van der Waals surface area contributed by atoms with Crippen LogP contribution in [0, 0.1) is 0 Å². The third kappa shape index (κ3) is 2.62. The molecule has 0 aromatic carbocycles. The van der Waals surface area contributed by atoms with Crippen molar-refractivity contribution in [2.24, 2.45) is 7.05 Å². The molecule has 90 valence electrons. The van der Waals surface area contributed by atoms with Crippen LogP contribution in [0.15, 0.2) is 12.3 Å². The normalized spacial score (nSPS) is 22.5. The molecule has 0 amide bonds. The van der Waals surface area contributed by atoms with Gasteiger partial charge in [0.1, 0.15) is 0 Å². The predicted octanol–water partition coefficient (Wildman–Crippen LogP) is 0.646. The molecule has 1 saturated heterocycles. The third-order valence-electron chi connectivity index (χ3n) is 3.52. The van der Waals surface area contributed by atoms with Crippen molar-refractivity contribution in [3.8, 4) is 0 Å². The molecule has 1 atom stereocenters. The lowest BCUT2D eigenvalue weighted by Gasteiger charge is -2.35. The smallest absolute Gasteiger partial charge is 0.0492 e. The minimum atomic E-state index is 0.710. The fraction of sp³-hybridized carbons (Fsp3) is 0.750. The number of aryl methyl sites for hydroxylation is 1. The van der Waals surface area contributed by atoms with Crippen LogP contribution in [-0.2, 0) is 13.5 Å². The van der Waals surface area contributed by atoms with Gasteiger partial charge in [0.15, 0.2) is 0 Å². The Hall–Kier alpha value is -0.870. The Labute approximate surface area is 97.6 Å². The summed E-state index contributed by atoms with van der Waals surface area (Å²) in [6.07, 6.45) is 4.22. The Morgan fingerprint density at radius 1 is 1.56 bits per heavy atom. The van der Waals surface area contributed by atoms with Crippen molar-refractivity contribution in [2.45, 2.75) is 25.8 Å². The molecule has 2 rings (SSSR count). The Bertz CT molecular complexity index is 321. The van der Waals surface area contributed by atoms with E-state index in [0.717, 1.165) is 26.1 Å². The maximum absolute atomic E-state index is 4.21. The molecule has 0 spiro atoms. The first-order valence-electron chi connectivity index (χ1n) is 6.23. The van der Waals surface area contributed by atoms with Crippen LogP contribution in [-0.4, -0.2) is 46.9 Å². The highest BCUT2D eigenvalue weighted by atomic mass is 15.3. The van der Waals surface area contributed by atoms with E-state index in [2.05, 4.69) is 28.3 Å². The molecular weight excluding hydrogens is 200 g/mol. The molecule has 1 aromatic rings. The number of rotatable bonds is 4. The lowest BCUT2D eigenvalue weighted by molar-refractivity contribution is 0.158. The summed E-state index contributed by atoms with van der Waals surface area (Å²) in [5.41, 5.74) is 1.33. The van der Waals surface area contributed by atoms with Gasteiger partial charge in [0.25, 0.3) is 0 Å². The monoisotopic (exact) mass is 222 g/mol. The van der Waals surface area contributed by atoms with Crippen molar-refractivity contribution in [1.29, 1.82) is 0 Å². The third-order valence-corrected chi connectivity index (χ3v) is 3.52. The van der Waals surface area contributed by atoms with Gasteiger partial charge in [0.2, 0.25) is 0 Å². The number of nitrogens with zero attached hydrogens (tertiary/aromatic N) is 3. The van der Waals surface area contributed by atoms with Crippen LogP contribution in [0.25, 0.3) is 0 Å². The second-order valence-corrected chi connectivity index (χ2v) is 4.50. The number of hydrogen-bond acceptors (Lipinski definition) is 3. The summed E-state index contributed by atoms with van der Waals surface area (Å²) in [5, 5.41) is 7.67. The number of nitrogens with one attached hydrogen (secondary N) is 1. The first kappa shape index (κ1) is 11.6. The Morgan fingerprint density at radius 3 is 3.12 bits per heavy atom. The molecule has 2 heterocycles. The quantitative estimate of drug-likeness (QED) is 0.812. The van der Waals surface area contributed by atoms with Gasteiger partial charge in [0, 0.05) is 57.6 Å². The summed E-state index contributed by atoms with van der Waals surface area (Å²) in [6, 6.07) is 2.82. The predicted molar refractivity (Wildman–Crippen MR) is 65.4 cm³/mol. The van der Waals surface area contributed by atoms with Crippen LogP contribution in [0.5, 0.6) is 0 Å². The van der Waals surface area contributed by atoms with Gasteiger partial charge in [-0.3, -0.25) is 9.58 Å². The Morgan fingerprint density at radius 2 is 2.44 bits per heavy atom. The van der Waals surface area contributed by atoms with Crippen molar-refractivity contribution in [2.75, 3.05) is 26.2 Å². The molecule has 1 N–H and O–H groups in total. The SMILES string of the molecule is CCC1CNCCN1CCc1ccnn1C. The fourth-order valence-electron chi connectivity index (χ4n) is 2.40. The molecule has 1 unspecified atom stereocenters. The van der Waals surface area contributed by atoms with E-state index in [1.54, 1.807) is 0 Å². The highest BCUT2D eigenvalue weighted by molar-refractivity contribution is 5.00. The van der Waals surface area contributed by atoms with Gasteiger partial charge in [-0.25, -0.2) is 0 Å². The van der Waals surface area contributed by atoms with Gasteiger partial charge >= 0.3 is 0 Å². The van der Waals surface area contributed by atoms with Crippen molar-refractivity contribution in [3.05, 3.63) is 18.0 Å². The summed E-state index contributed by atoms with van der Waals surface area (Å²) < 4.78 is 1.98. The molecule has 1 aliphatic heterocycles. The lowest BCUT2D eigenvalue weighted by atomic mass is 10.1. The first-order valence-corrected chi connectivity index (χ1v) is 6.23. The Balaban J connectivity index is 1.86. The van der Waals surface area contributed by atoms with Crippen molar-refractivity contribution >= 4 is 0 Å². The van der Waals surface area contributed by atoms with E-state index in [-0.39, 0.29) is 0 Å². The highest BCUT2D eigenvalue weighted by Gasteiger charge is 2.19. The van der Waals surface area contributed by atoms with Gasteiger partial charge in [-0.15, -0.1) is 0 Å². The highest BCUT2D eigenvalue weighted by Crippen LogP contribution is 2.08. The largest absolute Gasteiger partial charge is 0.314 e. The van der Waals surface area contributed by atoms with Crippen LogP contribution >= 0.6 is 0 Å². The minimum Gasteiger partial charge on any atom is -0.314 e. The van der Waals surface area contributed by atoms with E-state index < -0.39 is 0 Å². The topological polar surface area (TPSA) is 33.1 Å². The second kappa shape index (κ2) is 5.46. The van der Waals surface area contributed by atoms with Crippen LogP contribution in [0.1, 0.15) is 19.0 Å². The number of aromatic nitrogens is 2. The Kier molecular flexibility index (Phi) is 3.96. The summed E-state index contributed by atoms with van der Waals surface area (Å²) in [4.78, 5) is 2.60. The standard InChI is InChI=1S/C12H22N4/c1-3-11-10-13-7-9-16(11)8-5-12-4-6-14-15(12)2/h4,6,11,13H,3,5,7-10H2,1-2H3. The zero-order valence-corrected chi connectivity index (χ0v) is 10.3. The molecule has 0 aliphatic carbocycles.